The van der Waals surface area contributed by atoms with E-state index in [2.05, 4.69) is 9.97 Å². The zero-order valence-corrected chi connectivity index (χ0v) is 11.4. The van der Waals surface area contributed by atoms with Gasteiger partial charge in [0.25, 0.3) is 5.69 Å². The van der Waals surface area contributed by atoms with E-state index in [1.54, 1.807) is 13.0 Å². The Kier molecular flexibility index (Phi) is 4.13. The number of carbonyl (C=O) groups is 1. The maximum Gasteiger partial charge on any atom is 0.338 e. The van der Waals surface area contributed by atoms with Crippen LogP contribution in [0.15, 0.2) is 34.4 Å². The van der Waals surface area contributed by atoms with Crippen LogP contribution in [0, 0.1) is 22.9 Å². The number of nitrogens with zero attached hydrogens (tertiary/aromatic N) is 3. The highest BCUT2D eigenvalue weighted by Crippen LogP contribution is 2.34. The quantitative estimate of drug-likeness (QED) is 0.525. The number of aryl methyl sites for hydroxylation is 1. The Balaban J connectivity index is 2.50. The molecular weight excluding hydrogens is 301 g/mol. The van der Waals surface area contributed by atoms with E-state index < -0.39 is 28.0 Å². The molecule has 0 fully saturated rings. The van der Waals surface area contributed by atoms with Crippen LogP contribution in [0.2, 0.25) is 0 Å². The highest BCUT2D eigenvalue weighted by molar-refractivity contribution is 7.99. The van der Waals surface area contributed by atoms with Gasteiger partial charge in [0.15, 0.2) is 5.16 Å². The van der Waals surface area contributed by atoms with Crippen molar-refractivity contribution in [2.45, 2.75) is 17.0 Å². The smallest absolute Gasteiger partial charge is 0.338 e. The summed E-state index contributed by atoms with van der Waals surface area (Å²) < 4.78 is 13.7. The summed E-state index contributed by atoms with van der Waals surface area (Å²) in [6.07, 6.45) is 1.47. The van der Waals surface area contributed by atoms with E-state index in [1.165, 1.54) is 6.20 Å². The zero-order chi connectivity index (χ0) is 15.6. The third-order valence-corrected chi connectivity index (χ3v) is 3.38. The number of nitro benzene ring substituents is 1. The number of nitro groups is 1. The number of rotatable bonds is 4. The van der Waals surface area contributed by atoms with Gasteiger partial charge in [-0.25, -0.2) is 19.2 Å². The molecule has 21 heavy (non-hydrogen) atoms. The summed E-state index contributed by atoms with van der Waals surface area (Å²) in [6.45, 7) is 1.72. The lowest BCUT2D eigenvalue weighted by Gasteiger charge is -2.04. The molecular formula is C12H8FN3O4S. The Labute approximate surface area is 122 Å². The second kappa shape index (κ2) is 5.83. The normalized spacial score (nSPS) is 10.4. The standard InChI is InChI=1S/C12H8FN3O4S/c1-6-2-3-14-12(15-6)21-10-5-8(13)7(11(17)18)4-9(10)16(19)20/h2-5H,1H3,(H,17,18). The molecule has 1 aromatic carbocycles. The molecule has 0 atom stereocenters. The van der Waals surface area contributed by atoms with Crippen molar-refractivity contribution in [2.24, 2.45) is 0 Å². The van der Waals surface area contributed by atoms with Crippen molar-refractivity contribution in [1.82, 2.24) is 9.97 Å². The van der Waals surface area contributed by atoms with Crippen molar-refractivity contribution in [3.63, 3.8) is 0 Å². The van der Waals surface area contributed by atoms with Crippen LogP contribution in [0.4, 0.5) is 10.1 Å². The summed E-state index contributed by atoms with van der Waals surface area (Å²) in [5.41, 5.74) is -0.613. The molecule has 9 heteroatoms. The first-order valence-electron chi connectivity index (χ1n) is 5.57. The van der Waals surface area contributed by atoms with E-state index >= 15 is 0 Å². The molecule has 0 aliphatic carbocycles. The number of halogens is 1. The third-order valence-electron chi connectivity index (χ3n) is 2.45. The monoisotopic (exact) mass is 309 g/mol. The number of hydrogen-bond acceptors (Lipinski definition) is 6. The first-order chi connectivity index (χ1) is 9.88. The molecule has 2 aromatic rings. The minimum absolute atomic E-state index is 0.0619. The number of aromatic nitrogens is 2. The van der Waals surface area contributed by atoms with Crippen molar-refractivity contribution in [3.8, 4) is 0 Å². The maximum absolute atomic E-state index is 13.7. The molecule has 0 aliphatic rings. The fourth-order valence-electron chi connectivity index (χ4n) is 1.51. The highest BCUT2D eigenvalue weighted by Gasteiger charge is 2.23. The molecule has 0 saturated carbocycles. The van der Waals surface area contributed by atoms with Gasteiger partial charge >= 0.3 is 5.97 Å². The van der Waals surface area contributed by atoms with Gasteiger partial charge in [0.2, 0.25) is 0 Å². The molecule has 0 spiro atoms. The Morgan fingerprint density at radius 3 is 2.76 bits per heavy atom. The Morgan fingerprint density at radius 2 is 2.19 bits per heavy atom. The van der Waals surface area contributed by atoms with Gasteiger partial charge in [0, 0.05) is 18.0 Å². The molecule has 1 aromatic heterocycles. The number of benzene rings is 1. The van der Waals surface area contributed by atoms with Crippen molar-refractivity contribution in [1.29, 1.82) is 0 Å². The van der Waals surface area contributed by atoms with Crippen molar-refractivity contribution < 1.29 is 19.2 Å². The second-order valence-corrected chi connectivity index (χ2v) is 4.95. The van der Waals surface area contributed by atoms with Crippen molar-refractivity contribution in [2.75, 3.05) is 0 Å². The minimum Gasteiger partial charge on any atom is -0.478 e. The number of carboxylic acids is 1. The third kappa shape index (κ3) is 3.31. The second-order valence-electron chi connectivity index (χ2n) is 3.94. The van der Waals surface area contributed by atoms with Crippen LogP contribution in [-0.2, 0) is 0 Å². The number of aromatic carboxylic acids is 1. The molecule has 0 saturated heterocycles. The predicted molar refractivity (Wildman–Crippen MR) is 70.9 cm³/mol. The first-order valence-corrected chi connectivity index (χ1v) is 6.39. The lowest BCUT2D eigenvalue weighted by molar-refractivity contribution is -0.387. The minimum atomic E-state index is -1.57. The number of carboxylic acid groups (broad SMARTS) is 1. The molecule has 0 radical (unpaired) electrons. The van der Waals surface area contributed by atoms with Crippen molar-refractivity contribution in [3.05, 3.63) is 51.6 Å². The molecule has 0 bridgehead atoms. The van der Waals surface area contributed by atoms with E-state index in [1.807, 2.05) is 0 Å². The summed E-state index contributed by atoms with van der Waals surface area (Å²) in [5.74, 6) is -2.62. The summed E-state index contributed by atoms with van der Waals surface area (Å²) >= 11 is 0.794. The van der Waals surface area contributed by atoms with Crippen LogP contribution < -0.4 is 0 Å². The van der Waals surface area contributed by atoms with Gasteiger partial charge in [-0.2, -0.15) is 0 Å². The Bertz CT molecular complexity index is 738. The molecule has 7 nitrogen and oxygen atoms in total. The van der Waals surface area contributed by atoms with Crippen LogP contribution in [0.1, 0.15) is 16.1 Å². The van der Waals surface area contributed by atoms with E-state index in [-0.39, 0.29) is 10.1 Å². The van der Waals surface area contributed by atoms with Crippen LogP contribution in [0.25, 0.3) is 0 Å². The average molecular weight is 309 g/mol. The molecule has 2 rings (SSSR count). The predicted octanol–water partition coefficient (Wildman–Crippen LogP) is 2.68. The van der Waals surface area contributed by atoms with Crippen LogP contribution in [0.5, 0.6) is 0 Å². The van der Waals surface area contributed by atoms with Gasteiger partial charge in [-0.05, 0) is 30.8 Å². The summed E-state index contributed by atoms with van der Waals surface area (Å²) in [5, 5.41) is 20.0. The zero-order valence-electron chi connectivity index (χ0n) is 10.6. The summed E-state index contributed by atoms with van der Waals surface area (Å²) in [7, 11) is 0. The molecule has 0 unspecified atom stereocenters. The molecule has 1 heterocycles. The van der Waals surface area contributed by atoms with E-state index in [4.69, 9.17) is 5.11 Å². The van der Waals surface area contributed by atoms with Gasteiger partial charge < -0.3 is 5.11 Å². The fourth-order valence-corrected chi connectivity index (χ4v) is 2.41. The van der Waals surface area contributed by atoms with E-state index in [0.717, 1.165) is 17.8 Å². The summed E-state index contributed by atoms with van der Waals surface area (Å²) in [4.78, 5) is 28.9. The lowest BCUT2D eigenvalue weighted by atomic mass is 10.2. The maximum atomic E-state index is 13.7. The SMILES string of the molecule is Cc1ccnc(Sc2cc(F)c(C(=O)O)cc2[N+](=O)[O-])n1. The number of hydrogen-bond donors (Lipinski definition) is 1. The topological polar surface area (TPSA) is 106 Å². The molecule has 108 valence electrons. The highest BCUT2D eigenvalue weighted by atomic mass is 32.2. The molecule has 0 amide bonds. The lowest BCUT2D eigenvalue weighted by Crippen LogP contribution is -2.03. The van der Waals surface area contributed by atoms with Gasteiger partial charge in [-0.15, -0.1) is 0 Å². The molecule has 0 aliphatic heterocycles. The Hall–Kier alpha value is -2.55. The van der Waals surface area contributed by atoms with Gasteiger partial charge in [-0.3, -0.25) is 10.1 Å². The average Bonchev–Trinajstić information content (AvgIpc) is 2.37. The first kappa shape index (κ1) is 14.9. The van der Waals surface area contributed by atoms with Crippen molar-refractivity contribution >= 4 is 23.4 Å². The van der Waals surface area contributed by atoms with E-state index in [9.17, 15) is 19.3 Å². The fraction of sp³-hybridized carbons (Fsp3) is 0.0833. The van der Waals surface area contributed by atoms with Crippen LogP contribution >= 0.6 is 11.8 Å². The van der Waals surface area contributed by atoms with Crippen LogP contribution in [0.3, 0.4) is 0 Å². The van der Waals surface area contributed by atoms with Gasteiger partial charge in [0.05, 0.1) is 9.82 Å². The molecule has 1 N–H and O–H groups in total. The van der Waals surface area contributed by atoms with E-state index in [0.29, 0.717) is 11.8 Å². The Morgan fingerprint density at radius 1 is 1.48 bits per heavy atom. The van der Waals surface area contributed by atoms with Gasteiger partial charge in [-0.1, -0.05) is 0 Å². The largest absolute Gasteiger partial charge is 0.478 e. The van der Waals surface area contributed by atoms with Gasteiger partial charge in [0.1, 0.15) is 11.4 Å². The van der Waals surface area contributed by atoms with Crippen LogP contribution in [-0.4, -0.2) is 26.0 Å². The summed E-state index contributed by atoms with van der Waals surface area (Å²) in [6, 6.07) is 3.14.